The Morgan fingerprint density at radius 3 is 2.64 bits per heavy atom. The van der Waals surface area contributed by atoms with Gasteiger partial charge in [-0.2, -0.15) is 0 Å². The Bertz CT molecular complexity index is 564. The Hall–Kier alpha value is -1.71. The SMILES string of the molecule is CCNC(=NCCc1ccccn1)NCCN1C(=O)CCCC1=O.I. The summed E-state index contributed by atoms with van der Waals surface area (Å²) in [5, 5.41) is 6.33. The molecule has 0 unspecified atom stereocenters. The van der Waals surface area contributed by atoms with Crippen molar-refractivity contribution in [2.75, 3.05) is 26.2 Å². The van der Waals surface area contributed by atoms with Crippen LogP contribution in [-0.2, 0) is 16.0 Å². The van der Waals surface area contributed by atoms with E-state index in [1.165, 1.54) is 4.90 Å². The molecule has 0 aromatic carbocycles. The maximum atomic E-state index is 11.8. The predicted molar refractivity (Wildman–Crippen MR) is 108 cm³/mol. The Morgan fingerprint density at radius 2 is 2.00 bits per heavy atom. The van der Waals surface area contributed by atoms with Crippen LogP contribution in [-0.4, -0.2) is 53.8 Å². The van der Waals surface area contributed by atoms with Crippen molar-refractivity contribution in [3.8, 4) is 0 Å². The number of aromatic nitrogens is 1. The molecule has 0 spiro atoms. The molecule has 138 valence electrons. The van der Waals surface area contributed by atoms with Gasteiger partial charge in [-0.25, -0.2) is 0 Å². The molecule has 0 radical (unpaired) electrons. The fourth-order valence-electron chi connectivity index (χ4n) is 2.51. The molecule has 1 saturated heterocycles. The number of hydrogen-bond donors (Lipinski definition) is 2. The minimum atomic E-state index is -0.0786. The molecular formula is C17H26IN5O2. The van der Waals surface area contributed by atoms with Crippen LogP contribution >= 0.6 is 24.0 Å². The number of nitrogens with zero attached hydrogens (tertiary/aromatic N) is 3. The molecule has 0 aliphatic carbocycles. The Labute approximate surface area is 165 Å². The fourth-order valence-corrected chi connectivity index (χ4v) is 2.51. The number of aliphatic imine (C=N–C) groups is 1. The topological polar surface area (TPSA) is 86.7 Å². The van der Waals surface area contributed by atoms with E-state index >= 15 is 0 Å². The lowest BCUT2D eigenvalue weighted by molar-refractivity contribution is -0.147. The van der Waals surface area contributed by atoms with E-state index in [1.807, 2.05) is 25.1 Å². The largest absolute Gasteiger partial charge is 0.357 e. The molecule has 0 bridgehead atoms. The van der Waals surface area contributed by atoms with E-state index in [2.05, 4.69) is 20.6 Å². The van der Waals surface area contributed by atoms with Crippen molar-refractivity contribution in [2.24, 2.45) is 4.99 Å². The van der Waals surface area contributed by atoms with Crippen LogP contribution < -0.4 is 10.6 Å². The molecule has 1 aliphatic rings. The molecule has 2 N–H and O–H groups in total. The number of pyridine rings is 1. The molecule has 1 aliphatic heterocycles. The Balaban J connectivity index is 0.00000312. The highest BCUT2D eigenvalue weighted by Crippen LogP contribution is 2.11. The number of carbonyl (C=O) groups excluding carboxylic acids is 2. The van der Waals surface area contributed by atoms with Crippen molar-refractivity contribution >= 4 is 41.8 Å². The van der Waals surface area contributed by atoms with E-state index in [1.54, 1.807) is 6.20 Å². The predicted octanol–water partition coefficient (Wildman–Crippen LogP) is 1.34. The molecular weight excluding hydrogens is 433 g/mol. The van der Waals surface area contributed by atoms with E-state index in [-0.39, 0.29) is 35.8 Å². The molecule has 1 fully saturated rings. The average molecular weight is 459 g/mol. The first kappa shape index (κ1) is 21.3. The van der Waals surface area contributed by atoms with Crippen molar-refractivity contribution in [3.63, 3.8) is 0 Å². The summed E-state index contributed by atoms with van der Waals surface area (Å²) in [7, 11) is 0. The van der Waals surface area contributed by atoms with Crippen LogP contribution in [0.2, 0.25) is 0 Å². The zero-order valence-corrected chi connectivity index (χ0v) is 16.9. The molecule has 2 rings (SSSR count). The van der Waals surface area contributed by atoms with Crippen LogP contribution in [0.1, 0.15) is 31.9 Å². The van der Waals surface area contributed by atoms with E-state index in [0.29, 0.717) is 44.9 Å². The Kier molecular flexibility index (Phi) is 10.0. The number of imide groups is 1. The second kappa shape index (κ2) is 11.8. The highest BCUT2D eigenvalue weighted by atomic mass is 127. The lowest BCUT2D eigenvalue weighted by Crippen LogP contribution is -2.46. The van der Waals surface area contributed by atoms with Gasteiger partial charge < -0.3 is 10.6 Å². The number of likely N-dealkylation sites (tertiary alicyclic amines) is 1. The molecule has 1 aromatic heterocycles. The molecule has 0 saturated carbocycles. The van der Waals surface area contributed by atoms with Gasteiger partial charge in [0.15, 0.2) is 5.96 Å². The molecule has 2 amide bonds. The zero-order chi connectivity index (χ0) is 17.2. The summed E-state index contributed by atoms with van der Waals surface area (Å²) in [4.78, 5) is 33.6. The highest BCUT2D eigenvalue weighted by molar-refractivity contribution is 14.0. The van der Waals surface area contributed by atoms with Crippen LogP contribution in [0.15, 0.2) is 29.4 Å². The van der Waals surface area contributed by atoms with Crippen LogP contribution in [0.5, 0.6) is 0 Å². The second-order valence-corrected chi connectivity index (χ2v) is 5.55. The third-order valence-electron chi connectivity index (χ3n) is 3.72. The monoisotopic (exact) mass is 459 g/mol. The van der Waals surface area contributed by atoms with Crippen LogP contribution in [0.3, 0.4) is 0 Å². The van der Waals surface area contributed by atoms with Gasteiger partial charge >= 0.3 is 0 Å². The molecule has 0 atom stereocenters. The van der Waals surface area contributed by atoms with Crippen LogP contribution in [0.25, 0.3) is 0 Å². The molecule has 8 heteroatoms. The standard InChI is InChI=1S/C17H25N5O2.HI/c1-2-18-17(20-11-9-14-6-3-4-10-19-14)21-12-13-22-15(23)7-5-8-16(22)24;/h3-4,6,10H,2,5,7-9,11-13H2,1H3,(H2,18,20,21);1H. The third kappa shape index (κ3) is 7.37. The minimum absolute atomic E-state index is 0. The number of halogens is 1. The quantitative estimate of drug-likeness (QED) is 0.278. The van der Waals surface area contributed by atoms with Crippen molar-refractivity contribution in [1.82, 2.24) is 20.5 Å². The summed E-state index contributed by atoms with van der Waals surface area (Å²) < 4.78 is 0. The fraction of sp³-hybridized carbons (Fsp3) is 0.529. The van der Waals surface area contributed by atoms with Gasteiger partial charge in [0.25, 0.3) is 0 Å². The number of guanidine groups is 1. The first-order valence-corrected chi connectivity index (χ1v) is 8.46. The smallest absolute Gasteiger partial charge is 0.229 e. The van der Waals surface area contributed by atoms with Gasteiger partial charge in [0.1, 0.15) is 0 Å². The average Bonchev–Trinajstić information content (AvgIpc) is 2.58. The first-order chi connectivity index (χ1) is 11.7. The van der Waals surface area contributed by atoms with Crippen LogP contribution in [0, 0.1) is 0 Å². The van der Waals surface area contributed by atoms with Crippen molar-refractivity contribution in [2.45, 2.75) is 32.6 Å². The Morgan fingerprint density at radius 1 is 1.24 bits per heavy atom. The van der Waals surface area contributed by atoms with Gasteiger partial charge in [0.2, 0.25) is 11.8 Å². The third-order valence-corrected chi connectivity index (χ3v) is 3.72. The first-order valence-electron chi connectivity index (χ1n) is 8.46. The lowest BCUT2D eigenvalue weighted by atomic mass is 10.1. The summed E-state index contributed by atoms with van der Waals surface area (Å²) >= 11 is 0. The number of nitrogens with one attached hydrogen (secondary N) is 2. The summed E-state index contributed by atoms with van der Waals surface area (Å²) in [6.07, 6.45) is 4.13. The maximum Gasteiger partial charge on any atom is 0.229 e. The molecule has 1 aromatic rings. The number of rotatable bonds is 7. The summed E-state index contributed by atoms with van der Waals surface area (Å²) in [5.74, 6) is 0.528. The van der Waals surface area contributed by atoms with E-state index < -0.39 is 0 Å². The van der Waals surface area contributed by atoms with Gasteiger partial charge in [-0.05, 0) is 25.5 Å². The molecule has 25 heavy (non-hydrogen) atoms. The minimum Gasteiger partial charge on any atom is -0.357 e. The zero-order valence-electron chi connectivity index (χ0n) is 14.5. The van der Waals surface area contributed by atoms with Gasteiger partial charge in [0, 0.05) is 57.3 Å². The van der Waals surface area contributed by atoms with Crippen molar-refractivity contribution in [3.05, 3.63) is 30.1 Å². The second-order valence-electron chi connectivity index (χ2n) is 5.55. The van der Waals surface area contributed by atoms with E-state index in [4.69, 9.17) is 0 Å². The van der Waals surface area contributed by atoms with Crippen LogP contribution in [0.4, 0.5) is 0 Å². The van der Waals surface area contributed by atoms with Gasteiger partial charge in [-0.1, -0.05) is 6.07 Å². The maximum absolute atomic E-state index is 11.8. The number of piperidine rings is 1. The molecule has 2 heterocycles. The van der Waals surface area contributed by atoms with Gasteiger partial charge in [-0.3, -0.25) is 24.5 Å². The summed E-state index contributed by atoms with van der Waals surface area (Å²) in [5.41, 5.74) is 1.00. The molecule has 7 nitrogen and oxygen atoms in total. The van der Waals surface area contributed by atoms with Crippen molar-refractivity contribution < 1.29 is 9.59 Å². The summed E-state index contributed by atoms with van der Waals surface area (Å²) in [6.45, 7) is 4.23. The number of amides is 2. The van der Waals surface area contributed by atoms with Gasteiger partial charge in [0.05, 0.1) is 0 Å². The number of hydrogen-bond acceptors (Lipinski definition) is 4. The summed E-state index contributed by atoms with van der Waals surface area (Å²) in [6, 6.07) is 5.83. The highest BCUT2D eigenvalue weighted by Gasteiger charge is 2.25. The lowest BCUT2D eigenvalue weighted by Gasteiger charge is -2.25. The van der Waals surface area contributed by atoms with E-state index in [9.17, 15) is 9.59 Å². The van der Waals surface area contributed by atoms with Crippen molar-refractivity contribution in [1.29, 1.82) is 0 Å². The number of carbonyl (C=O) groups is 2. The normalized spacial score (nSPS) is 14.9. The van der Waals surface area contributed by atoms with Gasteiger partial charge in [-0.15, -0.1) is 24.0 Å². The van der Waals surface area contributed by atoms with E-state index in [0.717, 1.165) is 18.7 Å².